The fourth-order valence-electron chi connectivity index (χ4n) is 6.66. The van der Waals surface area contributed by atoms with Crippen molar-refractivity contribution in [2.75, 3.05) is 13.1 Å². The van der Waals surface area contributed by atoms with Crippen LogP contribution in [0.1, 0.15) is 53.6 Å². The number of hydrogen-bond acceptors (Lipinski definition) is 5. The van der Waals surface area contributed by atoms with Gasteiger partial charge in [0.2, 0.25) is 0 Å². The number of aliphatic hydroxyl groups is 2. The van der Waals surface area contributed by atoms with E-state index in [-0.39, 0.29) is 6.04 Å². The van der Waals surface area contributed by atoms with Gasteiger partial charge in [-0.05, 0) is 62.6 Å². The highest BCUT2D eigenvalue weighted by Crippen LogP contribution is 2.64. The maximum absolute atomic E-state index is 12.1. The Kier molecular flexibility index (Phi) is 3.05. The monoisotopic (exact) mass is 370 g/mol. The molecule has 6 rings (SSSR count). The summed E-state index contributed by atoms with van der Waals surface area (Å²) in [6.07, 6.45) is 4.04. The van der Waals surface area contributed by atoms with Gasteiger partial charge in [-0.3, -0.25) is 9.69 Å². The Morgan fingerprint density at radius 2 is 2.11 bits per heavy atom. The highest BCUT2D eigenvalue weighted by molar-refractivity contribution is 5.97. The van der Waals surface area contributed by atoms with Crippen molar-refractivity contribution >= 4 is 5.91 Å². The first-order valence-corrected chi connectivity index (χ1v) is 10.2. The zero-order chi connectivity index (χ0) is 18.6. The number of ether oxygens (including phenoxy) is 1. The summed E-state index contributed by atoms with van der Waals surface area (Å²) in [6, 6.07) is 3.78. The molecule has 5 atom stereocenters. The predicted octanol–water partition coefficient (Wildman–Crippen LogP) is 0.710. The van der Waals surface area contributed by atoms with Gasteiger partial charge in [-0.2, -0.15) is 0 Å². The molecule has 2 heterocycles. The van der Waals surface area contributed by atoms with E-state index in [1.54, 1.807) is 6.07 Å². The molecule has 27 heavy (non-hydrogen) atoms. The molecule has 1 aromatic carbocycles. The third-order valence-corrected chi connectivity index (χ3v) is 8.02. The minimum atomic E-state index is -0.932. The van der Waals surface area contributed by atoms with E-state index in [0.717, 1.165) is 43.0 Å². The van der Waals surface area contributed by atoms with E-state index in [1.165, 1.54) is 12.8 Å². The average molecular weight is 370 g/mol. The molecule has 144 valence electrons. The van der Waals surface area contributed by atoms with Crippen molar-refractivity contribution in [3.8, 4) is 5.75 Å². The molecule has 1 amide bonds. The van der Waals surface area contributed by atoms with Crippen LogP contribution >= 0.6 is 0 Å². The zero-order valence-electron chi connectivity index (χ0n) is 15.4. The first kappa shape index (κ1) is 16.3. The number of amides is 1. The molecule has 0 radical (unpaired) electrons. The summed E-state index contributed by atoms with van der Waals surface area (Å²) in [5, 5.41) is 22.9. The molecule has 5 aliphatic rings. The van der Waals surface area contributed by atoms with Crippen LogP contribution in [0, 0.1) is 5.92 Å². The van der Waals surface area contributed by atoms with Crippen LogP contribution in [0.25, 0.3) is 0 Å². The molecule has 3 aliphatic carbocycles. The number of nitrogens with zero attached hydrogens (tertiary/aromatic N) is 1. The van der Waals surface area contributed by atoms with Crippen LogP contribution in [0.5, 0.6) is 5.75 Å². The van der Waals surface area contributed by atoms with Gasteiger partial charge >= 0.3 is 0 Å². The first-order chi connectivity index (χ1) is 13.0. The van der Waals surface area contributed by atoms with Crippen LogP contribution < -0.4 is 10.5 Å². The molecule has 2 saturated carbocycles. The zero-order valence-corrected chi connectivity index (χ0v) is 15.4. The van der Waals surface area contributed by atoms with Gasteiger partial charge in [-0.15, -0.1) is 0 Å². The summed E-state index contributed by atoms with van der Waals surface area (Å²) in [5.74, 6) is 0.759. The SMILES string of the molecule is NC(=O)c1ccc2c3c1O[C@H]1[C@H](O)CC[C@@]4(O)[C@@H](C2)N(CC2CC2)CCC314. The minimum Gasteiger partial charge on any atom is -0.486 e. The lowest BCUT2D eigenvalue weighted by molar-refractivity contribution is -0.208. The number of rotatable bonds is 3. The Hall–Kier alpha value is -1.63. The van der Waals surface area contributed by atoms with Gasteiger partial charge in [-0.25, -0.2) is 0 Å². The molecule has 1 saturated heterocycles. The number of carbonyl (C=O) groups excluding carboxylic acids is 1. The summed E-state index contributed by atoms with van der Waals surface area (Å²) in [6.45, 7) is 1.95. The molecule has 0 aromatic heterocycles. The number of benzene rings is 1. The van der Waals surface area contributed by atoms with Gasteiger partial charge < -0.3 is 20.7 Å². The molecular weight excluding hydrogens is 344 g/mol. The lowest BCUT2D eigenvalue weighted by Crippen LogP contribution is -2.77. The predicted molar refractivity (Wildman–Crippen MR) is 97.7 cm³/mol. The van der Waals surface area contributed by atoms with Gasteiger partial charge in [0.1, 0.15) is 11.9 Å². The summed E-state index contributed by atoms with van der Waals surface area (Å²) in [5.41, 5.74) is 6.50. The van der Waals surface area contributed by atoms with Gasteiger partial charge in [0, 0.05) is 18.2 Å². The Balaban J connectivity index is 1.57. The van der Waals surface area contributed by atoms with E-state index in [9.17, 15) is 15.0 Å². The summed E-state index contributed by atoms with van der Waals surface area (Å²) in [4.78, 5) is 14.5. The third-order valence-electron chi connectivity index (χ3n) is 8.02. The number of nitrogens with two attached hydrogens (primary N) is 1. The largest absolute Gasteiger partial charge is 0.486 e. The molecule has 1 spiro atoms. The number of carbonyl (C=O) groups is 1. The first-order valence-electron chi connectivity index (χ1n) is 10.2. The molecule has 6 nitrogen and oxygen atoms in total. The van der Waals surface area contributed by atoms with Crippen LogP contribution in [0.3, 0.4) is 0 Å². The van der Waals surface area contributed by atoms with Crippen molar-refractivity contribution in [3.63, 3.8) is 0 Å². The van der Waals surface area contributed by atoms with Crippen LogP contribution in [0.4, 0.5) is 0 Å². The summed E-state index contributed by atoms with van der Waals surface area (Å²) >= 11 is 0. The number of piperidine rings is 1. The van der Waals surface area contributed by atoms with E-state index in [0.29, 0.717) is 24.2 Å². The minimum absolute atomic E-state index is 0.0447. The molecule has 3 fully saturated rings. The fraction of sp³-hybridized carbons (Fsp3) is 0.667. The topological polar surface area (TPSA) is 96.0 Å². The van der Waals surface area contributed by atoms with Crippen molar-refractivity contribution in [3.05, 3.63) is 28.8 Å². The molecule has 1 aromatic rings. The van der Waals surface area contributed by atoms with Crippen molar-refractivity contribution in [2.24, 2.45) is 11.7 Å². The number of hydrogen-bond donors (Lipinski definition) is 3. The Morgan fingerprint density at radius 3 is 2.85 bits per heavy atom. The average Bonchev–Trinajstić information content (AvgIpc) is 3.37. The Bertz CT molecular complexity index is 853. The fourth-order valence-corrected chi connectivity index (χ4v) is 6.66. The number of primary amides is 1. The van der Waals surface area contributed by atoms with Gasteiger partial charge in [0.05, 0.1) is 22.7 Å². The van der Waals surface area contributed by atoms with E-state index in [2.05, 4.69) is 4.90 Å². The highest BCUT2D eigenvalue weighted by Gasteiger charge is 2.72. The van der Waals surface area contributed by atoms with E-state index < -0.39 is 29.1 Å². The lowest BCUT2D eigenvalue weighted by atomic mass is 9.48. The van der Waals surface area contributed by atoms with Crippen molar-refractivity contribution in [1.82, 2.24) is 4.90 Å². The normalized spacial score (nSPS) is 41.8. The van der Waals surface area contributed by atoms with E-state index in [1.807, 2.05) is 6.07 Å². The van der Waals surface area contributed by atoms with Gasteiger partial charge in [-0.1, -0.05) is 6.07 Å². The Labute approximate surface area is 158 Å². The molecular formula is C21H26N2O4. The van der Waals surface area contributed by atoms with Gasteiger partial charge in [0.25, 0.3) is 5.91 Å². The smallest absolute Gasteiger partial charge is 0.252 e. The molecule has 1 unspecified atom stereocenters. The lowest BCUT2D eigenvalue weighted by Gasteiger charge is -2.63. The van der Waals surface area contributed by atoms with Crippen molar-refractivity contribution < 1.29 is 19.7 Å². The molecule has 6 heteroatoms. The molecule has 2 bridgehead atoms. The summed E-state index contributed by atoms with van der Waals surface area (Å²) in [7, 11) is 0. The van der Waals surface area contributed by atoms with Crippen molar-refractivity contribution in [1.29, 1.82) is 0 Å². The van der Waals surface area contributed by atoms with Crippen LogP contribution in [-0.2, 0) is 11.8 Å². The third kappa shape index (κ3) is 1.84. The standard InChI is InChI=1S/C21H26N2O4/c22-19(25)13-4-3-12-9-15-21(26)6-5-14(24)18-20(21,16(12)17(13)27-18)7-8-23(15)10-11-1-2-11/h3-4,11,14-15,18,24,26H,1-2,5-10H2,(H2,22,25)/t14-,15-,18+,20?,21-/m1/s1. The maximum Gasteiger partial charge on any atom is 0.252 e. The maximum atomic E-state index is 12.1. The number of aliphatic hydroxyl groups excluding tert-OH is 1. The van der Waals surface area contributed by atoms with Crippen LogP contribution in [0.2, 0.25) is 0 Å². The van der Waals surface area contributed by atoms with Crippen molar-refractivity contribution in [2.45, 2.75) is 67.8 Å². The van der Waals surface area contributed by atoms with Crippen LogP contribution in [0.15, 0.2) is 12.1 Å². The van der Waals surface area contributed by atoms with E-state index >= 15 is 0 Å². The molecule has 4 N–H and O–H groups in total. The Morgan fingerprint density at radius 1 is 1.30 bits per heavy atom. The number of likely N-dealkylation sites (tertiary alicyclic amines) is 1. The quantitative estimate of drug-likeness (QED) is 0.728. The van der Waals surface area contributed by atoms with E-state index in [4.69, 9.17) is 10.5 Å². The highest BCUT2D eigenvalue weighted by atomic mass is 16.5. The van der Waals surface area contributed by atoms with Gasteiger partial charge in [0.15, 0.2) is 0 Å². The molecule has 2 aliphatic heterocycles. The van der Waals surface area contributed by atoms with Crippen LogP contribution in [-0.4, -0.2) is 58.0 Å². The second kappa shape index (κ2) is 5.04. The summed E-state index contributed by atoms with van der Waals surface area (Å²) < 4.78 is 6.25. The second-order valence-electron chi connectivity index (χ2n) is 9.29. The second-order valence-corrected chi connectivity index (χ2v) is 9.29.